The number of anilines is 1. The molecule has 3 N–H and O–H groups in total. The smallest absolute Gasteiger partial charge is 0.0374 e. The Bertz CT molecular complexity index is 520. The van der Waals surface area contributed by atoms with Crippen molar-refractivity contribution in [2.75, 3.05) is 11.9 Å². The fraction of sp³-hybridized carbons (Fsp3) is 0.200. The highest BCUT2D eigenvalue weighted by Gasteiger charge is 2.14. The monoisotopic (exact) mass is 224 g/mol. The van der Waals surface area contributed by atoms with Gasteiger partial charge in [-0.25, -0.2) is 0 Å². The zero-order chi connectivity index (χ0) is 11.7. The summed E-state index contributed by atoms with van der Waals surface area (Å²) in [6.45, 7) is 0.873. The molecule has 1 aliphatic heterocycles. The van der Waals surface area contributed by atoms with Crippen LogP contribution in [0.4, 0.5) is 5.69 Å². The summed E-state index contributed by atoms with van der Waals surface area (Å²) >= 11 is 0. The molecule has 0 bridgehead atoms. The minimum Gasteiger partial charge on any atom is -0.383 e. The van der Waals surface area contributed by atoms with Crippen LogP contribution in [0.3, 0.4) is 0 Å². The summed E-state index contributed by atoms with van der Waals surface area (Å²) in [6.07, 6.45) is 0.961. The quantitative estimate of drug-likeness (QED) is 0.781. The summed E-state index contributed by atoms with van der Waals surface area (Å²) in [7, 11) is 0. The number of benzene rings is 2. The molecule has 0 aromatic heterocycles. The molecule has 1 aliphatic rings. The maximum atomic E-state index is 5.98. The van der Waals surface area contributed by atoms with Crippen molar-refractivity contribution in [3.8, 4) is 11.1 Å². The molecule has 1 atom stereocenters. The molecule has 0 radical (unpaired) electrons. The topological polar surface area (TPSA) is 38.0 Å². The van der Waals surface area contributed by atoms with Crippen LogP contribution in [0.2, 0.25) is 0 Å². The van der Waals surface area contributed by atoms with Crippen LogP contribution in [0.15, 0.2) is 48.5 Å². The number of rotatable bonds is 1. The first kappa shape index (κ1) is 10.4. The molecule has 0 aliphatic carbocycles. The second kappa shape index (κ2) is 4.22. The van der Waals surface area contributed by atoms with E-state index in [4.69, 9.17) is 5.73 Å². The molecule has 0 fully saturated rings. The van der Waals surface area contributed by atoms with E-state index < -0.39 is 0 Å². The fourth-order valence-corrected chi connectivity index (χ4v) is 2.34. The predicted molar refractivity (Wildman–Crippen MR) is 72.0 cm³/mol. The van der Waals surface area contributed by atoms with E-state index >= 15 is 0 Å². The molecule has 1 unspecified atom stereocenters. The van der Waals surface area contributed by atoms with Crippen LogP contribution in [-0.2, 0) is 6.42 Å². The molecule has 3 rings (SSSR count). The summed E-state index contributed by atoms with van der Waals surface area (Å²) < 4.78 is 0. The van der Waals surface area contributed by atoms with E-state index in [1.807, 2.05) is 6.07 Å². The molecular weight excluding hydrogens is 208 g/mol. The molecule has 2 aromatic rings. The first-order valence-electron chi connectivity index (χ1n) is 6.01. The maximum absolute atomic E-state index is 5.98. The van der Waals surface area contributed by atoms with Crippen molar-refractivity contribution in [2.24, 2.45) is 5.73 Å². The third kappa shape index (κ3) is 2.04. The number of nitrogens with one attached hydrogen (secondary N) is 1. The molecule has 17 heavy (non-hydrogen) atoms. The molecule has 0 spiro atoms. The van der Waals surface area contributed by atoms with Gasteiger partial charge in [0.05, 0.1) is 0 Å². The van der Waals surface area contributed by atoms with Gasteiger partial charge in [-0.2, -0.15) is 0 Å². The van der Waals surface area contributed by atoms with E-state index in [0.717, 1.165) is 13.0 Å². The molecule has 0 saturated heterocycles. The Morgan fingerprint density at radius 2 is 1.82 bits per heavy atom. The molecule has 0 saturated carbocycles. The Morgan fingerprint density at radius 3 is 2.65 bits per heavy atom. The molecule has 0 amide bonds. The van der Waals surface area contributed by atoms with E-state index in [0.29, 0.717) is 0 Å². The standard InChI is InChI=1S/C15H16N2/c16-14-9-13-8-12(6-7-15(13)17-10-14)11-4-2-1-3-5-11/h1-8,14,17H,9-10,16H2. The average Bonchev–Trinajstić information content (AvgIpc) is 2.39. The molecular formula is C15H16N2. The van der Waals surface area contributed by atoms with E-state index in [2.05, 4.69) is 47.8 Å². The van der Waals surface area contributed by atoms with Crippen molar-refractivity contribution in [1.82, 2.24) is 0 Å². The molecule has 2 heteroatoms. The first-order valence-corrected chi connectivity index (χ1v) is 6.01. The Labute approximate surface area is 101 Å². The number of fused-ring (bicyclic) bond motifs is 1. The van der Waals surface area contributed by atoms with Gasteiger partial charge in [-0.3, -0.25) is 0 Å². The average molecular weight is 224 g/mol. The first-order chi connectivity index (χ1) is 8.33. The van der Waals surface area contributed by atoms with Gasteiger partial charge >= 0.3 is 0 Å². The Kier molecular flexibility index (Phi) is 2.57. The zero-order valence-corrected chi connectivity index (χ0v) is 9.69. The van der Waals surface area contributed by atoms with Crippen molar-refractivity contribution in [2.45, 2.75) is 12.5 Å². The van der Waals surface area contributed by atoms with Gasteiger partial charge in [0.2, 0.25) is 0 Å². The van der Waals surface area contributed by atoms with Gasteiger partial charge in [-0.05, 0) is 35.2 Å². The lowest BCUT2D eigenvalue weighted by atomic mass is 9.95. The molecule has 86 valence electrons. The predicted octanol–water partition coefficient (Wildman–Crippen LogP) is 2.65. The van der Waals surface area contributed by atoms with Crippen molar-refractivity contribution in [3.63, 3.8) is 0 Å². The van der Waals surface area contributed by atoms with E-state index in [1.165, 1.54) is 22.4 Å². The Balaban J connectivity index is 2.01. The Morgan fingerprint density at radius 1 is 1.00 bits per heavy atom. The molecule has 1 heterocycles. The Hall–Kier alpha value is -1.80. The summed E-state index contributed by atoms with van der Waals surface area (Å²) in [5, 5.41) is 3.37. The lowest BCUT2D eigenvalue weighted by Gasteiger charge is -2.23. The third-order valence-electron chi connectivity index (χ3n) is 3.25. The van der Waals surface area contributed by atoms with Gasteiger partial charge in [-0.15, -0.1) is 0 Å². The van der Waals surface area contributed by atoms with Gasteiger partial charge in [-0.1, -0.05) is 36.4 Å². The van der Waals surface area contributed by atoms with Gasteiger partial charge in [0.15, 0.2) is 0 Å². The van der Waals surface area contributed by atoms with Crippen molar-refractivity contribution in [3.05, 3.63) is 54.1 Å². The molecule has 2 aromatic carbocycles. The highest BCUT2D eigenvalue weighted by Crippen LogP contribution is 2.27. The summed E-state index contributed by atoms with van der Waals surface area (Å²) in [4.78, 5) is 0. The summed E-state index contributed by atoms with van der Waals surface area (Å²) in [6, 6.07) is 17.2. The van der Waals surface area contributed by atoms with Crippen LogP contribution in [-0.4, -0.2) is 12.6 Å². The lowest BCUT2D eigenvalue weighted by molar-refractivity contribution is 0.679. The largest absolute Gasteiger partial charge is 0.383 e. The van der Waals surface area contributed by atoms with E-state index in [9.17, 15) is 0 Å². The lowest BCUT2D eigenvalue weighted by Crippen LogP contribution is -2.35. The van der Waals surface area contributed by atoms with Crippen LogP contribution in [0.1, 0.15) is 5.56 Å². The van der Waals surface area contributed by atoms with Crippen LogP contribution in [0.5, 0.6) is 0 Å². The third-order valence-corrected chi connectivity index (χ3v) is 3.25. The fourth-order valence-electron chi connectivity index (χ4n) is 2.34. The number of hydrogen-bond acceptors (Lipinski definition) is 2. The van der Waals surface area contributed by atoms with Crippen molar-refractivity contribution in [1.29, 1.82) is 0 Å². The highest BCUT2D eigenvalue weighted by atomic mass is 14.9. The normalized spacial score (nSPS) is 18.3. The summed E-state index contributed by atoms with van der Waals surface area (Å²) in [5.41, 5.74) is 11.1. The maximum Gasteiger partial charge on any atom is 0.0374 e. The minimum atomic E-state index is 0.230. The zero-order valence-electron chi connectivity index (χ0n) is 9.69. The van der Waals surface area contributed by atoms with Gasteiger partial charge in [0.25, 0.3) is 0 Å². The highest BCUT2D eigenvalue weighted by molar-refractivity contribution is 5.69. The minimum absolute atomic E-state index is 0.230. The molecule has 2 nitrogen and oxygen atoms in total. The number of nitrogens with two attached hydrogens (primary N) is 1. The van der Waals surface area contributed by atoms with Crippen molar-refractivity contribution < 1.29 is 0 Å². The van der Waals surface area contributed by atoms with Gasteiger partial charge < -0.3 is 11.1 Å². The van der Waals surface area contributed by atoms with Crippen LogP contribution < -0.4 is 11.1 Å². The second-order valence-corrected chi connectivity index (χ2v) is 4.58. The van der Waals surface area contributed by atoms with Gasteiger partial charge in [0.1, 0.15) is 0 Å². The van der Waals surface area contributed by atoms with Crippen molar-refractivity contribution >= 4 is 5.69 Å². The van der Waals surface area contributed by atoms with E-state index in [1.54, 1.807) is 0 Å². The SMILES string of the molecule is NC1CNc2ccc(-c3ccccc3)cc2C1. The van der Waals surface area contributed by atoms with Gasteiger partial charge in [0, 0.05) is 18.3 Å². The van der Waals surface area contributed by atoms with E-state index in [-0.39, 0.29) is 6.04 Å². The number of hydrogen-bond donors (Lipinski definition) is 2. The van der Waals surface area contributed by atoms with Crippen LogP contribution in [0, 0.1) is 0 Å². The summed E-state index contributed by atoms with van der Waals surface area (Å²) in [5.74, 6) is 0. The van der Waals surface area contributed by atoms with Crippen LogP contribution >= 0.6 is 0 Å². The second-order valence-electron chi connectivity index (χ2n) is 4.58. The van der Waals surface area contributed by atoms with Crippen LogP contribution in [0.25, 0.3) is 11.1 Å².